The molecule has 0 radical (unpaired) electrons. The van der Waals surface area contributed by atoms with Crippen LogP contribution in [0.25, 0.3) is 0 Å². The Kier molecular flexibility index (Phi) is 4.27. The maximum atomic E-state index is 12.5. The van der Waals surface area contributed by atoms with Gasteiger partial charge in [0, 0.05) is 5.56 Å². The molecule has 0 unspecified atom stereocenters. The quantitative estimate of drug-likeness (QED) is 0.706. The lowest BCUT2D eigenvalue weighted by atomic mass is 10.1. The Labute approximate surface area is 160 Å². The van der Waals surface area contributed by atoms with Gasteiger partial charge in [-0.15, -0.1) is 0 Å². The molecule has 7 heteroatoms. The molecule has 3 aromatic rings. The van der Waals surface area contributed by atoms with E-state index in [9.17, 15) is 14.4 Å². The van der Waals surface area contributed by atoms with Gasteiger partial charge in [-0.25, -0.2) is 0 Å². The Hall–Kier alpha value is -3.74. The van der Waals surface area contributed by atoms with Gasteiger partial charge in [-0.05, 0) is 43.7 Å². The van der Waals surface area contributed by atoms with Gasteiger partial charge in [-0.3, -0.25) is 19.3 Å². The summed E-state index contributed by atoms with van der Waals surface area (Å²) in [5.74, 6) is -0.364. The average Bonchev–Trinajstić information content (AvgIpc) is 3.15. The van der Waals surface area contributed by atoms with E-state index in [1.165, 1.54) is 4.90 Å². The van der Waals surface area contributed by atoms with Gasteiger partial charge in [0.15, 0.2) is 5.76 Å². The van der Waals surface area contributed by atoms with E-state index in [0.29, 0.717) is 33.8 Å². The fraction of sp³-hybridized carbons (Fsp3) is 0.143. The molecule has 3 amide bonds. The summed E-state index contributed by atoms with van der Waals surface area (Å²) in [4.78, 5) is 38.5. The molecule has 0 spiro atoms. The number of nitrogens with zero attached hydrogens (tertiary/aromatic N) is 2. The molecule has 7 nitrogen and oxygen atoms in total. The normalized spacial score (nSPS) is 13.0. The summed E-state index contributed by atoms with van der Waals surface area (Å²) < 4.78 is 5.04. The number of benzene rings is 2. The monoisotopic (exact) mass is 375 g/mol. The highest BCUT2D eigenvalue weighted by Crippen LogP contribution is 2.24. The fourth-order valence-electron chi connectivity index (χ4n) is 3.17. The summed E-state index contributed by atoms with van der Waals surface area (Å²) in [5.41, 5.74) is 3.20. The van der Waals surface area contributed by atoms with Gasteiger partial charge in [0.2, 0.25) is 0 Å². The third kappa shape index (κ3) is 2.96. The number of fused-ring (bicyclic) bond motifs is 1. The number of anilines is 1. The number of hydrogen-bond donors (Lipinski definition) is 1. The second-order valence-electron chi connectivity index (χ2n) is 6.59. The van der Waals surface area contributed by atoms with Crippen molar-refractivity contribution >= 4 is 23.4 Å². The van der Waals surface area contributed by atoms with Crippen LogP contribution in [0.4, 0.5) is 5.69 Å². The van der Waals surface area contributed by atoms with Gasteiger partial charge in [0.1, 0.15) is 11.4 Å². The SMILES string of the molecule is Cc1noc(C)c1NC(=O)c1ccc(CN2C(=O)c3ccccc3C2=O)cc1. The van der Waals surface area contributed by atoms with Crippen molar-refractivity contribution in [2.45, 2.75) is 20.4 Å². The van der Waals surface area contributed by atoms with Crippen molar-refractivity contribution in [1.29, 1.82) is 0 Å². The number of amides is 3. The van der Waals surface area contributed by atoms with Crippen LogP contribution < -0.4 is 5.32 Å². The summed E-state index contributed by atoms with van der Waals surface area (Å²) in [6.45, 7) is 3.62. The standard InChI is InChI=1S/C21H17N3O4/c1-12-18(13(2)28-23-12)22-19(25)15-9-7-14(8-10-15)11-24-20(26)16-5-3-4-6-17(16)21(24)27/h3-10H,11H2,1-2H3,(H,22,25). The summed E-state index contributed by atoms with van der Waals surface area (Å²) in [5, 5.41) is 6.59. The highest BCUT2D eigenvalue weighted by molar-refractivity contribution is 6.21. The molecule has 0 saturated heterocycles. The van der Waals surface area contributed by atoms with Crippen molar-refractivity contribution in [3.05, 3.63) is 82.2 Å². The van der Waals surface area contributed by atoms with Crippen molar-refractivity contribution < 1.29 is 18.9 Å². The van der Waals surface area contributed by atoms with E-state index in [1.54, 1.807) is 62.4 Å². The lowest BCUT2D eigenvalue weighted by Gasteiger charge is -2.14. The number of hydrogen-bond acceptors (Lipinski definition) is 5. The number of nitrogens with one attached hydrogen (secondary N) is 1. The van der Waals surface area contributed by atoms with E-state index in [1.807, 2.05) is 0 Å². The van der Waals surface area contributed by atoms with Crippen LogP contribution in [0, 0.1) is 13.8 Å². The number of carbonyl (C=O) groups excluding carboxylic acids is 3. The number of imide groups is 1. The predicted octanol–water partition coefficient (Wildman–Crippen LogP) is 3.34. The van der Waals surface area contributed by atoms with Gasteiger partial charge in [0.25, 0.3) is 17.7 Å². The molecule has 140 valence electrons. The van der Waals surface area contributed by atoms with E-state index < -0.39 is 0 Å². The number of aryl methyl sites for hydroxylation is 2. The summed E-state index contributed by atoms with van der Waals surface area (Å²) in [7, 11) is 0. The minimum atomic E-state index is -0.305. The average molecular weight is 375 g/mol. The Balaban J connectivity index is 1.48. The van der Waals surface area contributed by atoms with E-state index in [2.05, 4.69) is 10.5 Å². The Morgan fingerprint density at radius 1 is 1.00 bits per heavy atom. The minimum absolute atomic E-state index is 0.151. The van der Waals surface area contributed by atoms with Crippen molar-refractivity contribution in [2.75, 3.05) is 5.32 Å². The molecule has 28 heavy (non-hydrogen) atoms. The summed E-state index contributed by atoms with van der Waals surface area (Å²) in [6.07, 6.45) is 0. The summed E-state index contributed by atoms with van der Waals surface area (Å²) in [6, 6.07) is 13.5. The van der Waals surface area contributed by atoms with Crippen molar-refractivity contribution in [1.82, 2.24) is 10.1 Å². The first-order valence-electron chi connectivity index (χ1n) is 8.74. The van der Waals surface area contributed by atoms with Crippen LogP contribution in [0.2, 0.25) is 0 Å². The second kappa shape index (κ2) is 6.77. The first kappa shape index (κ1) is 17.7. The van der Waals surface area contributed by atoms with Crippen molar-refractivity contribution in [3.8, 4) is 0 Å². The molecule has 2 heterocycles. The molecule has 0 atom stereocenters. The number of rotatable bonds is 4. The zero-order valence-electron chi connectivity index (χ0n) is 15.4. The molecule has 1 aromatic heterocycles. The van der Waals surface area contributed by atoms with Crippen LogP contribution in [-0.2, 0) is 6.54 Å². The van der Waals surface area contributed by atoms with E-state index >= 15 is 0 Å². The minimum Gasteiger partial charge on any atom is -0.359 e. The second-order valence-corrected chi connectivity index (χ2v) is 6.59. The molecule has 4 rings (SSSR count). The maximum Gasteiger partial charge on any atom is 0.261 e. The Morgan fingerprint density at radius 2 is 1.61 bits per heavy atom. The topological polar surface area (TPSA) is 92.5 Å². The molecule has 0 fully saturated rings. The zero-order chi connectivity index (χ0) is 19.8. The number of carbonyl (C=O) groups is 3. The number of aromatic nitrogens is 1. The third-order valence-corrected chi connectivity index (χ3v) is 4.71. The van der Waals surface area contributed by atoms with Crippen LogP contribution in [0.1, 0.15) is 48.1 Å². The molecule has 2 aromatic carbocycles. The van der Waals surface area contributed by atoms with Gasteiger partial charge in [-0.2, -0.15) is 0 Å². The van der Waals surface area contributed by atoms with Gasteiger partial charge in [0.05, 0.1) is 17.7 Å². The lowest BCUT2D eigenvalue weighted by molar-refractivity contribution is 0.0642. The first-order valence-corrected chi connectivity index (χ1v) is 8.74. The fourth-order valence-corrected chi connectivity index (χ4v) is 3.17. The first-order chi connectivity index (χ1) is 13.5. The predicted molar refractivity (Wildman–Crippen MR) is 101 cm³/mol. The molecule has 0 saturated carbocycles. The largest absolute Gasteiger partial charge is 0.359 e. The Bertz CT molecular complexity index is 1040. The van der Waals surface area contributed by atoms with Crippen LogP contribution in [0.3, 0.4) is 0 Å². The van der Waals surface area contributed by atoms with Crippen molar-refractivity contribution in [2.24, 2.45) is 0 Å². The van der Waals surface area contributed by atoms with Crippen LogP contribution in [0.5, 0.6) is 0 Å². The van der Waals surface area contributed by atoms with Crippen molar-refractivity contribution in [3.63, 3.8) is 0 Å². The molecule has 0 bridgehead atoms. The van der Waals surface area contributed by atoms with Crippen LogP contribution >= 0.6 is 0 Å². The molecule has 0 aliphatic carbocycles. The molecule has 1 aliphatic rings. The van der Waals surface area contributed by atoms with Crippen LogP contribution in [-0.4, -0.2) is 27.8 Å². The smallest absolute Gasteiger partial charge is 0.261 e. The van der Waals surface area contributed by atoms with Crippen LogP contribution in [0.15, 0.2) is 53.1 Å². The van der Waals surface area contributed by atoms with E-state index in [0.717, 1.165) is 5.56 Å². The molecule has 1 aliphatic heterocycles. The summed E-state index contributed by atoms with van der Waals surface area (Å²) >= 11 is 0. The third-order valence-electron chi connectivity index (χ3n) is 4.71. The van der Waals surface area contributed by atoms with E-state index in [4.69, 9.17) is 4.52 Å². The zero-order valence-corrected chi connectivity index (χ0v) is 15.4. The van der Waals surface area contributed by atoms with E-state index in [-0.39, 0.29) is 24.3 Å². The maximum absolute atomic E-state index is 12.5. The highest BCUT2D eigenvalue weighted by atomic mass is 16.5. The molecular weight excluding hydrogens is 358 g/mol. The lowest BCUT2D eigenvalue weighted by Crippen LogP contribution is -2.29. The van der Waals surface area contributed by atoms with Gasteiger partial charge < -0.3 is 9.84 Å². The molecule has 1 N–H and O–H groups in total. The highest BCUT2D eigenvalue weighted by Gasteiger charge is 2.34. The van der Waals surface area contributed by atoms with Gasteiger partial charge >= 0.3 is 0 Å². The Morgan fingerprint density at radius 3 is 2.14 bits per heavy atom. The van der Waals surface area contributed by atoms with Gasteiger partial charge in [-0.1, -0.05) is 29.4 Å². The molecular formula is C21H17N3O4.